The molecule has 0 aliphatic heterocycles. The normalized spacial score (nSPS) is 13.7. The molecule has 1 heterocycles. The van der Waals surface area contributed by atoms with Crippen molar-refractivity contribution in [3.63, 3.8) is 0 Å². The highest BCUT2D eigenvalue weighted by atomic mass is 35.5. The molecule has 0 spiro atoms. The van der Waals surface area contributed by atoms with Crippen molar-refractivity contribution in [2.75, 3.05) is 5.32 Å². The SMILES string of the molecule is O=C(/C=C/c1ccc(C(=O)NC2CC2)cc1)Nc1ccc(Cl)cn1. The van der Waals surface area contributed by atoms with E-state index in [9.17, 15) is 9.59 Å². The predicted molar refractivity (Wildman–Crippen MR) is 93.8 cm³/mol. The van der Waals surface area contributed by atoms with Gasteiger partial charge in [-0.3, -0.25) is 9.59 Å². The third-order valence-electron chi connectivity index (χ3n) is 3.49. The molecule has 1 aromatic carbocycles. The Morgan fingerprint density at radius 2 is 1.88 bits per heavy atom. The standard InChI is InChI=1S/C18H16ClN3O2/c19-14-6-9-16(20-11-14)22-17(23)10-3-12-1-4-13(5-2-12)18(24)21-15-7-8-15/h1-6,9-11,15H,7-8H2,(H,21,24)(H,20,22,23)/b10-3+. The summed E-state index contributed by atoms with van der Waals surface area (Å²) >= 11 is 5.74. The van der Waals surface area contributed by atoms with Crippen LogP contribution in [-0.4, -0.2) is 22.8 Å². The first kappa shape index (κ1) is 16.2. The highest BCUT2D eigenvalue weighted by Gasteiger charge is 2.23. The number of halogens is 1. The number of nitrogens with one attached hydrogen (secondary N) is 2. The van der Waals surface area contributed by atoms with Crippen molar-refractivity contribution in [3.05, 3.63) is 64.8 Å². The van der Waals surface area contributed by atoms with Gasteiger partial charge in [0.1, 0.15) is 5.82 Å². The molecule has 1 fully saturated rings. The first-order valence-corrected chi connectivity index (χ1v) is 7.99. The number of aromatic nitrogens is 1. The van der Waals surface area contributed by atoms with Gasteiger partial charge in [0, 0.05) is 23.9 Å². The number of carbonyl (C=O) groups is 2. The lowest BCUT2D eigenvalue weighted by Crippen LogP contribution is -2.25. The van der Waals surface area contributed by atoms with E-state index in [2.05, 4.69) is 15.6 Å². The van der Waals surface area contributed by atoms with Crippen molar-refractivity contribution in [2.24, 2.45) is 0 Å². The molecule has 1 aliphatic rings. The van der Waals surface area contributed by atoms with Gasteiger partial charge in [0.2, 0.25) is 5.91 Å². The first-order chi connectivity index (χ1) is 11.6. The summed E-state index contributed by atoms with van der Waals surface area (Å²) in [6, 6.07) is 10.7. The van der Waals surface area contributed by atoms with Gasteiger partial charge in [-0.05, 0) is 48.7 Å². The summed E-state index contributed by atoms with van der Waals surface area (Å²) in [5, 5.41) is 6.08. The average molecular weight is 342 g/mol. The van der Waals surface area contributed by atoms with Crippen LogP contribution in [0.2, 0.25) is 5.02 Å². The van der Waals surface area contributed by atoms with E-state index in [0.717, 1.165) is 18.4 Å². The van der Waals surface area contributed by atoms with Gasteiger partial charge in [-0.15, -0.1) is 0 Å². The molecule has 0 bridgehead atoms. The quantitative estimate of drug-likeness (QED) is 0.820. The van der Waals surface area contributed by atoms with Crippen LogP contribution in [0.3, 0.4) is 0 Å². The summed E-state index contributed by atoms with van der Waals surface area (Å²) in [6.07, 6.45) is 6.67. The third-order valence-corrected chi connectivity index (χ3v) is 3.71. The molecule has 2 amide bonds. The van der Waals surface area contributed by atoms with Crippen molar-refractivity contribution >= 4 is 35.3 Å². The molecule has 6 heteroatoms. The summed E-state index contributed by atoms with van der Waals surface area (Å²) in [7, 11) is 0. The van der Waals surface area contributed by atoms with Crippen LogP contribution in [0.15, 0.2) is 48.7 Å². The Bertz CT molecular complexity index is 766. The lowest BCUT2D eigenvalue weighted by molar-refractivity contribution is -0.111. The van der Waals surface area contributed by atoms with Gasteiger partial charge in [0.05, 0.1) is 5.02 Å². The Balaban J connectivity index is 1.56. The molecule has 0 atom stereocenters. The van der Waals surface area contributed by atoms with E-state index in [4.69, 9.17) is 11.6 Å². The monoisotopic (exact) mass is 341 g/mol. The van der Waals surface area contributed by atoms with Crippen molar-refractivity contribution in [1.82, 2.24) is 10.3 Å². The molecule has 122 valence electrons. The molecule has 2 aromatic rings. The molecule has 3 rings (SSSR count). The molecule has 0 unspecified atom stereocenters. The van der Waals surface area contributed by atoms with E-state index in [1.807, 2.05) is 0 Å². The van der Waals surface area contributed by atoms with Crippen LogP contribution in [0.25, 0.3) is 6.08 Å². The van der Waals surface area contributed by atoms with Crippen LogP contribution in [0.5, 0.6) is 0 Å². The zero-order chi connectivity index (χ0) is 16.9. The Morgan fingerprint density at radius 1 is 1.12 bits per heavy atom. The number of pyridine rings is 1. The lowest BCUT2D eigenvalue weighted by atomic mass is 10.1. The van der Waals surface area contributed by atoms with Gasteiger partial charge in [-0.25, -0.2) is 4.98 Å². The molecule has 0 saturated heterocycles. The van der Waals surface area contributed by atoms with Crippen molar-refractivity contribution < 1.29 is 9.59 Å². The Labute approximate surface area is 144 Å². The van der Waals surface area contributed by atoms with E-state index in [0.29, 0.717) is 22.4 Å². The van der Waals surface area contributed by atoms with Gasteiger partial charge in [0.15, 0.2) is 0 Å². The topological polar surface area (TPSA) is 71.1 Å². The molecule has 0 radical (unpaired) electrons. The molecule has 1 aromatic heterocycles. The minimum absolute atomic E-state index is 0.0559. The van der Waals surface area contributed by atoms with Gasteiger partial charge < -0.3 is 10.6 Å². The molecular formula is C18H16ClN3O2. The zero-order valence-corrected chi connectivity index (χ0v) is 13.6. The maximum atomic E-state index is 11.9. The van der Waals surface area contributed by atoms with Crippen LogP contribution in [0, 0.1) is 0 Å². The van der Waals surface area contributed by atoms with E-state index < -0.39 is 0 Å². The lowest BCUT2D eigenvalue weighted by Gasteiger charge is -2.03. The second-order valence-corrected chi connectivity index (χ2v) is 5.99. The number of hydrogen-bond donors (Lipinski definition) is 2. The van der Waals surface area contributed by atoms with Crippen LogP contribution < -0.4 is 10.6 Å². The van der Waals surface area contributed by atoms with Gasteiger partial charge in [0.25, 0.3) is 5.91 Å². The zero-order valence-electron chi connectivity index (χ0n) is 12.8. The number of rotatable bonds is 5. The Hall–Kier alpha value is -2.66. The van der Waals surface area contributed by atoms with Gasteiger partial charge in [-0.1, -0.05) is 23.7 Å². The second kappa shape index (κ2) is 7.27. The maximum Gasteiger partial charge on any atom is 0.251 e. The third kappa shape index (κ3) is 4.67. The fourth-order valence-electron chi connectivity index (χ4n) is 2.03. The van der Waals surface area contributed by atoms with Crippen molar-refractivity contribution in [3.8, 4) is 0 Å². The first-order valence-electron chi connectivity index (χ1n) is 7.62. The maximum absolute atomic E-state index is 11.9. The summed E-state index contributed by atoms with van der Waals surface area (Å²) in [5.74, 6) is 0.0844. The molecule has 24 heavy (non-hydrogen) atoms. The summed E-state index contributed by atoms with van der Waals surface area (Å²) in [5.41, 5.74) is 1.45. The Kier molecular flexibility index (Phi) is 4.91. The van der Waals surface area contributed by atoms with Gasteiger partial charge in [-0.2, -0.15) is 0 Å². The number of carbonyl (C=O) groups excluding carboxylic acids is 2. The minimum atomic E-state index is -0.291. The number of amides is 2. The average Bonchev–Trinajstić information content (AvgIpc) is 3.39. The molecular weight excluding hydrogens is 326 g/mol. The van der Waals surface area contributed by atoms with Crippen LogP contribution in [0.1, 0.15) is 28.8 Å². The Morgan fingerprint density at radius 3 is 2.50 bits per heavy atom. The summed E-state index contributed by atoms with van der Waals surface area (Å²) in [6.45, 7) is 0. The van der Waals surface area contributed by atoms with Crippen molar-refractivity contribution in [1.29, 1.82) is 0 Å². The highest BCUT2D eigenvalue weighted by molar-refractivity contribution is 6.30. The number of anilines is 1. The number of benzene rings is 1. The molecule has 1 saturated carbocycles. The van der Waals surface area contributed by atoms with E-state index in [1.165, 1.54) is 12.3 Å². The number of hydrogen-bond acceptors (Lipinski definition) is 3. The smallest absolute Gasteiger partial charge is 0.251 e. The predicted octanol–water partition coefficient (Wildman–Crippen LogP) is 3.28. The fraction of sp³-hybridized carbons (Fsp3) is 0.167. The number of nitrogens with zero attached hydrogens (tertiary/aromatic N) is 1. The van der Waals surface area contributed by atoms with Crippen LogP contribution in [0.4, 0.5) is 5.82 Å². The largest absolute Gasteiger partial charge is 0.349 e. The second-order valence-electron chi connectivity index (χ2n) is 5.55. The van der Waals surface area contributed by atoms with E-state index in [-0.39, 0.29) is 11.8 Å². The molecule has 1 aliphatic carbocycles. The highest BCUT2D eigenvalue weighted by Crippen LogP contribution is 2.19. The van der Waals surface area contributed by atoms with Crippen molar-refractivity contribution in [2.45, 2.75) is 18.9 Å². The fourth-order valence-corrected chi connectivity index (χ4v) is 2.14. The van der Waals surface area contributed by atoms with E-state index >= 15 is 0 Å². The minimum Gasteiger partial charge on any atom is -0.349 e. The van der Waals surface area contributed by atoms with Crippen LogP contribution in [-0.2, 0) is 4.79 Å². The van der Waals surface area contributed by atoms with Gasteiger partial charge >= 0.3 is 0 Å². The van der Waals surface area contributed by atoms with E-state index in [1.54, 1.807) is 42.5 Å². The van der Waals surface area contributed by atoms with Crippen LogP contribution >= 0.6 is 11.6 Å². The molecule has 5 nitrogen and oxygen atoms in total. The summed E-state index contributed by atoms with van der Waals surface area (Å²) < 4.78 is 0. The summed E-state index contributed by atoms with van der Waals surface area (Å²) in [4.78, 5) is 27.7. The molecule has 2 N–H and O–H groups in total.